The van der Waals surface area contributed by atoms with E-state index >= 15 is 0 Å². The van der Waals surface area contributed by atoms with E-state index in [0.717, 1.165) is 16.7 Å². The summed E-state index contributed by atoms with van der Waals surface area (Å²) < 4.78 is 27.4. The minimum atomic E-state index is -3.74. The van der Waals surface area contributed by atoms with Gasteiger partial charge in [0, 0.05) is 17.5 Å². The lowest BCUT2D eigenvalue weighted by Gasteiger charge is -2.12. The van der Waals surface area contributed by atoms with Crippen molar-refractivity contribution in [1.29, 1.82) is 5.26 Å². The van der Waals surface area contributed by atoms with Gasteiger partial charge in [-0.05, 0) is 66.7 Å². The molecule has 0 saturated heterocycles. The van der Waals surface area contributed by atoms with Crippen LogP contribution in [0, 0.1) is 17.6 Å². The number of rotatable bonds is 5. The van der Waals surface area contributed by atoms with E-state index in [4.69, 9.17) is 5.26 Å². The molecule has 0 aliphatic heterocycles. The number of carbonyl (C=O) groups excluding carboxylic acids is 1. The number of aryl methyl sites for hydroxylation is 1. The highest BCUT2D eigenvalue weighted by molar-refractivity contribution is 8.03. The molecule has 0 aliphatic carbocycles. The van der Waals surface area contributed by atoms with Crippen molar-refractivity contribution >= 4 is 39.1 Å². The zero-order valence-corrected chi connectivity index (χ0v) is 14.7. The molecule has 0 aliphatic rings. The first kappa shape index (κ1) is 17.8. The molecular formula is C16H15N3O3S2. The van der Waals surface area contributed by atoms with Crippen LogP contribution in [-0.2, 0) is 14.8 Å². The van der Waals surface area contributed by atoms with Gasteiger partial charge in [0.25, 0.3) is 10.0 Å². The molecule has 0 spiro atoms. The Bertz CT molecular complexity index is 901. The minimum absolute atomic E-state index is 0.0893. The maximum Gasteiger partial charge on any atom is 0.261 e. The molecule has 0 bridgehead atoms. The van der Waals surface area contributed by atoms with Crippen LogP contribution in [-0.4, -0.2) is 14.3 Å². The summed E-state index contributed by atoms with van der Waals surface area (Å²) in [5.74, 6) is -0.227. The van der Waals surface area contributed by atoms with Gasteiger partial charge in [-0.3, -0.25) is 9.52 Å². The number of thioether (sulfide) groups is 1. The highest BCUT2D eigenvalue weighted by Crippen LogP contribution is 2.25. The SMILES string of the molecule is CC(=O)Nc1ccc(S(=O)(=O)Nc2ccc(SC#N)cc2C)cc1. The molecule has 24 heavy (non-hydrogen) atoms. The maximum atomic E-state index is 12.4. The van der Waals surface area contributed by atoms with E-state index < -0.39 is 10.0 Å². The summed E-state index contributed by atoms with van der Waals surface area (Å²) in [7, 11) is -3.74. The van der Waals surface area contributed by atoms with Gasteiger partial charge >= 0.3 is 0 Å². The van der Waals surface area contributed by atoms with Crippen molar-refractivity contribution in [3.63, 3.8) is 0 Å². The average molecular weight is 361 g/mol. The van der Waals surface area contributed by atoms with E-state index in [2.05, 4.69) is 10.0 Å². The van der Waals surface area contributed by atoms with Crippen LogP contribution in [0.4, 0.5) is 11.4 Å². The van der Waals surface area contributed by atoms with E-state index in [0.29, 0.717) is 16.9 Å². The fourth-order valence-corrected chi connectivity index (χ4v) is 3.60. The molecule has 8 heteroatoms. The van der Waals surface area contributed by atoms with Crippen LogP contribution in [0.5, 0.6) is 0 Å². The molecule has 124 valence electrons. The van der Waals surface area contributed by atoms with Crippen LogP contribution >= 0.6 is 11.8 Å². The van der Waals surface area contributed by atoms with Gasteiger partial charge < -0.3 is 5.32 Å². The lowest BCUT2D eigenvalue weighted by molar-refractivity contribution is -0.114. The van der Waals surface area contributed by atoms with E-state index in [9.17, 15) is 13.2 Å². The van der Waals surface area contributed by atoms with Crippen LogP contribution in [0.2, 0.25) is 0 Å². The maximum absolute atomic E-state index is 12.4. The van der Waals surface area contributed by atoms with Gasteiger partial charge in [-0.15, -0.1) is 0 Å². The third-order valence-electron chi connectivity index (χ3n) is 3.09. The van der Waals surface area contributed by atoms with E-state index in [1.807, 2.05) is 5.40 Å². The quantitative estimate of drug-likeness (QED) is 0.629. The highest BCUT2D eigenvalue weighted by Gasteiger charge is 2.15. The second-order valence-corrected chi connectivity index (χ2v) is 7.52. The number of hydrogen-bond donors (Lipinski definition) is 2. The normalized spacial score (nSPS) is 10.7. The number of nitriles is 1. The summed E-state index contributed by atoms with van der Waals surface area (Å²) in [4.78, 5) is 11.8. The standard InChI is InChI=1S/C16H15N3O3S2/c1-11-9-14(23-10-17)5-8-16(11)19-24(21,22)15-6-3-13(4-7-15)18-12(2)20/h3-9,19H,1-2H3,(H,18,20). The molecule has 0 fully saturated rings. The van der Waals surface area contributed by atoms with Crippen molar-refractivity contribution in [3.05, 3.63) is 48.0 Å². The molecule has 0 atom stereocenters. The topological polar surface area (TPSA) is 99.1 Å². The Morgan fingerprint density at radius 1 is 1.17 bits per heavy atom. The summed E-state index contributed by atoms with van der Waals surface area (Å²) in [6.45, 7) is 3.14. The highest BCUT2D eigenvalue weighted by atomic mass is 32.2. The summed E-state index contributed by atoms with van der Waals surface area (Å²) in [5, 5.41) is 13.2. The predicted molar refractivity (Wildman–Crippen MR) is 94.2 cm³/mol. The molecule has 0 radical (unpaired) electrons. The number of thiocyanates is 1. The molecule has 6 nitrogen and oxygen atoms in total. The van der Waals surface area contributed by atoms with Gasteiger partial charge in [0.15, 0.2) is 0 Å². The van der Waals surface area contributed by atoms with Crippen molar-refractivity contribution in [2.24, 2.45) is 0 Å². The molecule has 0 saturated carbocycles. The number of carbonyl (C=O) groups is 1. The summed E-state index contributed by atoms with van der Waals surface area (Å²) in [5.41, 5.74) is 1.69. The zero-order chi connectivity index (χ0) is 17.7. The molecular weight excluding hydrogens is 346 g/mol. The molecule has 0 unspecified atom stereocenters. The third-order valence-corrected chi connectivity index (χ3v) is 5.05. The predicted octanol–water partition coefficient (Wildman–Crippen LogP) is 3.33. The van der Waals surface area contributed by atoms with Crippen molar-refractivity contribution in [2.45, 2.75) is 23.6 Å². The summed E-state index contributed by atoms with van der Waals surface area (Å²) >= 11 is 1.01. The Hall–Kier alpha value is -2.50. The molecule has 2 N–H and O–H groups in total. The van der Waals surface area contributed by atoms with Gasteiger partial charge in [0.1, 0.15) is 5.40 Å². The van der Waals surface area contributed by atoms with Crippen LogP contribution < -0.4 is 10.0 Å². The average Bonchev–Trinajstić information content (AvgIpc) is 2.50. The Morgan fingerprint density at radius 3 is 2.38 bits per heavy atom. The number of hydrogen-bond acceptors (Lipinski definition) is 5. The fourth-order valence-electron chi connectivity index (χ4n) is 1.99. The molecule has 2 aromatic carbocycles. The monoisotopic (exact) mass is 361 g/mol. The van der Waals surface area contributed by atoms with Crippen LogP contribution in [0.25, 0.3) is 0 Å². The number of nitrogens with zero attached hydrogens (tertiary/aromatic N) is 1. The largest absolute Gasteiger partial charge is 0.326 e. The minimum Gasteiger partial charge on any atom is -0.326 e. The van der Waals surface area contributed by atoms with Crippen LogP contribution in [0.1, 0.15) is 12.5 Å². The first-order chi connectivity index (χ1) is 11.3. The van der Waals surface area contributed by atoms with Gasteiger partial charge in [-0.2, -0.15) is 5.26 Å². The number of anilines is 2. The number of nitrogens with one attached hydrogen (secondary N) is 2. The van der Waals surface area contributed by atoms with E-state index in [-0.39, 0.29) is 10.8 Å². The lowest BCUT2D eigenvalue weighted by atomic mass is 10.2. The van der Waals surface area contributed by atoms with Crippen LogP contribution in [0.15, 0.2) is 52.3 Å². The molecule has 1 amide bonds. The fraction of sp³-hybridized carbons (Fsp3) is 0.125. The van der Waals surface area contributed by atoms with E-state index in [1.54, 1.807) is 25.1 Å². The van der Waals surface area contributed by atoms with Gasteiger partial charge in [-0.1, -0.05) is 0 Å². The van der Waals surface area contributed by atoms with Gasteiger partial charge in [0.05, 0.1) is 10.6 Å². The first-order valence-electron chi connectivity index (χ1n) is 6.89. The summed E-state index contributed by atoms with van der Waals surface area (Å²) in [6.07, 6.45) is 0. The Morgan fingerprint density at radius 2 is 1.83 bits per heavy atom. The number of benzene rings is 2. The molecule has 2 rings (SSSR count). The van der Waals surface area contributed by atoms with Crippen molar-refractivity contribution in [2.75, 3.05) is 10.0 Å². The number of sulfonamides is 1. The lowest BCUT2D eigenvalue weighted by Crippen LogP contribution is -2.14. The van der Waals surface area contributed by atoms with Crippen molar-refractivity contribution < 1.29 is 13.2 Å². The molecule has 0 aromatic heterocycles. The number of amides is 1. The molecule has 0 heterocycles. The van der Waals surface area contributed by atoms with Crippen molar-refractivity contribution in [1.82, 2.24) is 0 Å². The van der Waals surface area contributed by atoms with E-state index in [1.165, 1.54) is 31.2 Å². The summed E-state index contributed by atoms with van der Waals surface area (Å²) in [6, 6.07) is 10.9. The van der Waals surface area contributed by atoms with Crippen molar-refractivity contribution in [3.8, 4) is 5.40 Å². The first-order valence-corrected chi connectivity index (χ1v) is 9.19. The second-order valence-electron chi connectivity index (χ2n) is 4.98. The van der Waals surface area contributed by atoms with Gasteiger partial charge in [0.2, 0.25) is 5.91 Å². The Kier molecular flexibility index (Phi) is 5.49. The zero-order valence-electron chi connectivity index (χ0n) is 13.0. The Balaban J connectivity index is 2.22. The second kappa shape index (κ2) is 7.38. The Labute approximate surface area is 144 Å². The van der Waals surface area contributed by atoms with Gasteiger partial charge in [-0.25, -0.2) is 8.42 Å². The molecule has 2 aromatic rings. The van der Waals surface area contributed by atoms with Crippen LogP contribution in [0.3, 0.4) is 0 Å². The smallest absolute Gasteiger partial charge is 0.261 e. The third kappa shape index (κ3) is 4.50.